The Balaban J connectivity index is 1.88. The highest BCUT2D eigenvalue weighted by Crippen LogP contribution is 2.23. The Hall–Kier alpha value is -3.92. The summed E-state index contributed by atoms with van der Waals surface area (Å²) in [6, 6.07) is 16.6. The van der Waals surface area contributed by atoms with Crippen LogP contribution in [0.2, 0.25) is 0 Å². The fraction of sp³-hybridized carbons (Fsp3) is 0. The molecule has 0 saturated heterocycles. The first-order valence-electron chi connectivity index (χ1n) is 9.27. The van der Waals surface area contributed by atoms with E-state index in [2.05, 4.69) is 82.8 Å². The average molecular weight is 360 g/mol. The van der Waals surface area contributed by atoms with E-state index in [0.29, 0.717) is 0 Å². The van der Waals surface area contributed by atoms with Crippen molar-refractivity contribution < 1.29 is 0 Å². The molecule has 0 saturated carbocycles. The maximum absolute atomic E-state index is 4.92. The molecule has 0 radical (unpaired) electrons. The first kappa shape index (κ1) is 15.2. The van der Waals surface area contributed by atoms with Crippen LogP contribution >= 0.6 is 0 Å². The highest BCUT2D eigenvalue weighted by Gasteiger charge is 2.04. The summed E-state index contributed by atoms with van der Waals surface area (Å²) in [5.41, 5.74) is 5.65. The molecule has 8 bridgehead atoms. The maximum atomic E-state index is 4.92. The van der Waals surface area contributed by atoms with Crippen LogP contribution in [0.4, 0.5) is 0 Å². The molecule has 2 N–H and O–H groups in total. The van der Waals surface area contributed by atoms with Gasteiger partial charge in [-0.1, -0.05) is 36.4 Å². The van der Waals surface area contributed by atoms with Gasteiger partial charge in [-0.2, -0.15) is 0 Å². The van der Waals surface area contributed by atoms with E-state index >= 15 is 0 Å². The van der Waals surface area contributed by atoms with E-state index in [1.807, 2.05) is 12.1 Å². The fourth-order valence-corrected chi connectivity index (χ4v) is 3.73. The number of H-pyrrole nitrogens is 2. The zero-order valence-corrected chi connectivity index (χ0v) is 15.0. The number of hydrogen-bond donors (Lipinski definition) is 2. The van der Waals surface area contributed by atoms with Crippen molar-refractivity contribution in [2.75, 3.05) is 0 Å². The number of hydrogen-bond acceptors (Lipinski definition) is 2. The van der Waals surface area contributed by atoms with Gasteiger partial charge < -0.3 is 9.97 Å². The van der Waals surface area contributed by atoms with Crippen molar-refractivity contribution >= 4 is 57.1 Å². The van der Waals surface area contributed by atoms with E-state index in [0.717, 1.165) is 54.9 Å². The molecule has 0 aliphatic carbocycles. The van der Waals surface area contributed by atoms with Gasteiger partial charge in [-0.15, -0.1) is 0 Å². The van der Waals surface area contributed by atoms with E-state index in [-0.39, 0.29) is 0 Å². The van der Waals surface area contributed by atoms with Gasteiger partial charge >= 0.3 is 0 Å². The molecule has 4 heteroatoms. The Kier molecular flexibility index (Phi) is 3.14. The number of aromatic nitrogens is 4. The minimum absolute atomic E-state index is 0.902. The number of nitrogens with zero attached hydrogens (tertiary/aromatic N) is 2. The lowest BCUT2D eigenvalue weighted by molar-refractivity contribution is 1.13. The van der Waals surface area contributed by atoms with Gasteiger partial charge in [-0.05, 0) is 48.6 Å². The number of fused-ring (bicyclic) bond motifs is 7. The predicted octanol–water partition coefficient (Wildman–Crippen LogP) is 3.89. The van der Waals surface area contributed by atoms with Gasteiger partial charge in [0.25, 0.3) is 0 Å². The molecule has 28 heavy (non-hydrogen) atoms. The van der Waals surface area contributed by atoms with Crippen molar-refractivity contribution in [1.29, 1.82) is 0 Å². The van der Waals surface area contributed by atoms with Crippen LogP contribution in [0, 0.1) is 0 Å². The third-order valence-corrected chi connectivity index (χ3v) is 5.10. The van der Waals surface area contributed by atoms with Gasteiger partial charge in [0.2, 0.25) is 0 Å². The summed E-state index contributed by atoms with van der Waals surface area (Å²) < 4.78 is 0. The first-order valence-corrected chi connectivity index (χ1v) is 9.27. The van der Waals surface area contributed by atoms with Gasteiger partial charge in [-0.25, -0.2) is 9.97 Å². The van der Waals surface area contributed by atoms with E-state index < -0.39 is 0 Å². The second-order valence-electron chi connectivity index (χ2n) is 7.01. The molecule has 0 spiro atoms. The normalized spacial score (nSPS) is 13.3. The molecule has 6 rings (SSSR count). The summed E-state index contributed by atoms with van der Waals surface area (Å²) in [7, 11) is 0. The summed E-state index contributed by atoms with van der Waals surface area (Å²) in [6.45, 7) is 0. The summed E-state index contributed by atoms with van der Waals surface area (Å²) in [5.74, 6) is 0. The molecular weight excluding hydrogens is 344 g/mol. The Morgan fingerprint density at radius 3 is 1.54 bits per heavy atom. The summed E-state index contributed by atoms with van der Waals surface area (Å²) >= 11 is 0. The van der Waals surface area contributed by atoms with Crippen LogP contribution in [0.15, 0.2) is 60.7 Å². The minimum Gasteiger partial charge on any atom is -0.354 e. The number of allylic oxidation sites excluding steroid dienone is 2. The second-order valence-corrected chi connectivity index (χ2v) is 7.01. The molecule has 2 aliphatic rings. The number of benzene rings is 1. The Bertz CT molecular complexity index is 1440. The maximum Gasteiger partial charge on any atom is 0.0972 e. The van der Waals surface area contributed by atoms with Crippen molar-refractivity contribution in [2.24, 2.45) is 0 Å². The smallest absolute Gasteiger partial charge is 0.0972 e. The Morgan fingerprint density at radius 1 is 0.571 bits per heavy atom. The minimum atomic E-state index is 0.902. The van der Waals surface area contributed by atoms with Crippen LogP contribution in [0.3, 0.4) is 0 Å². The summed E-state index contributed by atoms with van der Waals surface area (Å²) in [5, 5.41) is 4.22. The number of nitrogens with one attached hydrogen (secondary N) is 2. The molecule has 132 valence electrons. The molecule has 3 aromatic heterocycles. The van der Waals surface area contributed by atoms with Gasteiger partial charge in [0.05, 0.1) is 32.8 Å². The average Bonchev–Trinajstić information content (AvgIpc) is 2.73. The van der Waals surface area contributed by atoms with Crippen LogP contribution in [-0.4, -0.2) is 19.9 Å². The molecule has 0 fully saturated rings. The summed E-state index contributed by atoms with van der Waals surface area (Å²) in [6.07, 6.45) is 12.3. The lowest BCUT2D eigenvalue weighted by Gasteiger charge is -2.05. The molecule has 1 aromatic carbocycles. The molecule has 0 atom stereocenters. The highest BCUT2D eigenvalue weighted by atomic mass is 14.8. The van der Waals surface area contributed by atoms with E-state index in [1.165, 1.54) is 0 Å². The van der Waals surface area contributed by atoms with Crippen molar-refractivity contribution in [3.05, 3.63) is 82.8 Å². The molecule has 0 unspecified atom stereocenters. The Morgan fingerprint density at radius 2 is 1.04 bits per heavy atom. The van der Waals surface area contributed by atoms with Gasteiger partial charge in [0, 0.05) is 22.2 Å². The third kappa shape index (κ3) is 2.47. The molecular formula is C24H16N4. The van der Waals surface area contributed by atoms with E-state index in [1.54, 1.807) is 0 Å². The molecule has 4 nitrogen and oxygen atoms in total. The van der Waals surface area contributed by atoms with E-state index in [9.17, 15) is 0 Å². The van der Waals surface area contributed by atoms with Crippen LogP contribution in [0.25, 0.3) is 57.1 Å². The fourth-order valence-electron chi connectivity index (χ4n) is 3.73. The SMILES string of the molecule is C1=Cc2cc3ccc4ccc5ccc(cc6[nH]c(c([nH]2)=C1)=CC=C6)nc5c4n3. The third-order valence-electron chi connectivity index (χ3n) is 5.10. The zero-order valence-electron chi connectivity index (χ0n) is 15.0. The van der Waals surface area contributed by atoms with Crippen LogP contribution < -0.4 is 10.7 Å². The van der Waals surface area contributed by atoms with Gasteiger partial charge in [0.1, 0.15) is 0 Å². The standard InChI is InChI=1S/C24H16N4/c1-3-17-13-19-11-9-15-7-8-16-10-12-20(28-24(16)23(15)27-19)14-18-4-2-6-22(26-18)21(5-1)25-17/h1-14,25-26H. The number of aromatic amines is 2. The molecule has 2 aliphatic heterocycles. The Labute approximate surface area is 160 Å². The largest absolute Gasteiger partial charge is 0.354 e. The van der Waals surface area contributed by atoms with Crippen molar-refractivity contribution in [1.82, 2.24) is 19.9 Å². The number of rotatable bonds is 0. The van der Waals surface area contributed by atoms with Crippen LogP contribution in [-0.2, 0) is 0 Å². The molecule has 4 aromatic rings. The predicted molar refractivity (Wildman–Crippen MR) is 116 cm³/mol. The summed E-state index contributed by atoms with van der Waals surface area (Å²) in [4.78, 5) is 16.8. The van der Waals surface area contributed by atoms with E-state index in [4.69, 9.17) is 9.97 Å². The molecule has 0 amide bonds. The highest BCUT2D eigenvalue weighted by molar-refractivity contribution is 6.04. The van der Waals surface area contributed by atoms with Crippen LogP contribution in [0.5, 0.6) is 0 Å². The number of pyridine rings is 2. The zero-order chi connectivity index (χ0) is 18.5. The quantitative estimate of drug-likeness (QED) is 0.467. The van der Waals surface area contributed by atoms with Crippen molar-refractivity contribution in [3.8, 4) is 0 Å². The lowest BCUT2D eigenvalue weighted by Crippen LogP contribution is -2.31. The molecule has 5 heterocycles. The topological polar surface area (TPSA) is 57.4 Å². The van der Waals surface area contributed by atoms with Gasteiger partial charge in [-0.3, -0.25) is 0 Å². The lowest BCUT2D eigenvalue weighted by atomic mass is 10.1. The van der Waals surface area contributed by atoms with Crippen molar-refractivity contribution in [3.63, 3.8) is 0 Å². The monoisotopic (exact) mass is 360 g/mol. The first-order chi connectivity index (χ1) is 13.8. The van der Waals surface area contributed by atoms with Crippen molar-refractivity contribution in [2.45, 2.75) is 0 Å². The second kappa shape index (κ2) is 5.79. The van der Waals surface area contributed by atoms with Crippen LogP contribution in [0.1, 0.15) is 11.4 Å². The van der Waals surface area contributed by atoms with Gasteiger partial charge in [0.15, 0.2) is 0 Å².